The quantitative estimate of drug-likeness (QED) is 0.746. The Balaban J connectivity index is 2.13. The van der Waals surface area contributed by atoms with Gasteiger partial charge in [0.25, 0.3) is 5.91 Å². The molecule has 1 fully saturated rings. The zero-order valence-corrected chi connectivity index (χ0v) is 12.1. The number of halogens is 2. The Labute approximate surface area is 110 Å². The molecule has 0 aliphatic carbocycles. The highest BCUT2D eigenvalue weighted by molar-refractivity contribution is 9.11. The van der Waals surface area contributed by atoms with E-state index in [9.17, 15) is 4.79 Å². The van der Waals surface area contributed by atoms with Crippen molar-refractivity contribution in [3.05, 3.63) is 20.8 Å². The minimum atomic E-state index is 0.166. The third-order valence-corrected chi connectivity index (χ3v) is 4.88. The van der Waals surface area contributed by atoms with Crippen LogP contribution in [0.5, 0.6) is 0 Å². The van der Waals surface area contributed by atoms with Crippen LogP contribution in [0.2, 0.25) is 0 Å². The molecule has 0 radical (unpaired) electrons. The smallest absolute Gasteiger partial charge is 0.255 e. The largest absolute Gasteiger partial charge is 0.335 e. The Morgan fingerprint density at radius 2 is 2.47 bits per heavy atom. The molecule has 15 heavy (non-hydrogen) atoms. The molecular formula is C10H11Br2NOS. The first-order valence-electron chi connectivity index (χ1n) is 4.83. The normalized spacial score (nSPS) is 20.9. The van der Waals surface area contributed by atoms with Gasteiger partial charge in [-0.1, -0.05) is 15.9 Å². The highest BCUT2D eigenvalue weighted by Crippen LogP contribution is 2.25. The van der Waals surface area contributed by atoms with Crippen LogP contribution in [0.4, 0.5) is 0 Å². The maximum Gasteiger partial charge on any atom is 0.255 e. The van der Waals surface area contributed by atoms with Gasteiger partial charge in [-0.05, 0) is 34.8 Å². The van der Waals surface area contributed by atoms with Crippen molar-refractivity contribution in [3.63, 3.8) is 0 Å². The summed E-state index contributed by atoms with van der Waals surface area (Å²) in [7, 11) is 0. The Kier molecular flexibility index (Phi) is 3.85. The molecule has 2 heterocycles. The number of amides is 1. The number of hydrogen-bond donors (Lipinski definition) is 0. The van der Waals surface area contributed by atoms with Crippen LogP contribution in [0.3, 0.4) is 0 Å². The first kappa shape index (κ1) is 11.6. The van der Waals surface area contributed by atoms with Gasteiger partial charge >= 0.3 is 0 Å². The van der Waals surface area contributed by atoms with E-state index in [1.54, 1.807) is 11.3 Å². The van der Waals surface area contributed by atoms with Gasteiger partial charge < -0.3 is 4.90 Å². The van der Waals surface area contributed by atoms with Crippen molar-refractivity contribution in [2.24, 2.45) is 0 Å². The molecule has 1 aliphatic rings. The molecule has 1 aliphatic heterocycles. The Hall–Kier alpha value is 0.130. The SMILES string of the molecule is O=C(c1csc(Br)c1)N1CCCC1CBr. The van der Waals surface area contributed by atoms with Crippen LogP contribution in [0, 0.1) is 0 Å². The van der Waals surface area contributed by atoms with Crippen LogP contribution in [0.1, 0.15) is 23.2 Å². The first-order chi connectivity index (χ1) is 7.22. The highest BCUT2D eigenvalue weighted by Gasteiger charge is 2.28. The topological polar surface area (TPSA) is 20.3 Å². The van der Waals surface area contributed by atoms with Gasteiger partial charge in [0.1, 0.15) is 0 Å². The molecule has 1 saturated heterocycles. The van der Waals surface area contributed by atoms with Crippen molar-refractivity contribution in [2.45, 2.75) is 18.9 Å². The number of nitrogens with zero attached hydrogens (tertiary/aromatic N) is 1. The van der Waals surface area contributed by atoms with E-state index in [0.29, 0.717) is 6.04 Å². The lowest BCUT2D eigenvalue weighted by atomic mass is 10.2. The number of alkyl halides is 1. The van der Waals surface area contributed by atoms with Crippen LogP contribution in [-0.2, 0) is 0 Å². The number of carbonyl (C=O) groups is 1. The van der Waals surface area contributed by atoms with Crippen LogP contribution in [-0.4, -0.2) is 28.7 Å². The number of carbonyl (C=O) groups excluding carboxylic acids is 1. The number of rotatable bonds is 2. The van der Waals surface area contributed by atoms with Crippen molar-refractivity contribution >= 4 is 49.1 Å². The van der Waals surface area contributed by atoms with Crippen LogP contribution >= 0.6 is 43.2 Å². The highest BCUT2D eigenvalue weighted by atomic mass is 79.9. The maximum atomic E-state index is 12.1. The van der Waals surface area contributed by atoms with E-state index >= 15 is 0 Å². The fourth-order valence-corrected chi connectivity index (χ4v) is 3.66. The average molecular weight is 353 g/mol. The van der Waals surface area contributed by atoms with Gasteiger partial charge in [0.05, 0.1) is 9.35 Å². The Bertz CT molecular complexity index is 366. The van der Waals surface area contributed by atoms with Crippen molar-refractivity contribution in [2.75, 3.05) is 11.9 Å². The molecule has 0 N–H and O–H groups in total. The summed E-state index contributed by atoms with van der Waals surface area (Å²) in [5.41, 5.74) is 0.805. The van der Waals surface area contributed by atoms with E-state index in [1.165, 1.54) is 0 Å². The molecule has 5 heteroatoms. The summed E-state index contributed by atoms with van der Waals surface area (Å²) in [5.74, 6) is 0.166. The van der Waals surface area contributed by atoms with Gasteiger partial charge in [-0.3, -0.25) is 4.79 Å². The van der Waals surface area contributed by atoms with E-state index in [2.05, 4.69) is 31.9 Å². The van der Waals surface area contributed by atoms with Gasteiger partial charge in [-0.15, -0.1) is 11.3 Å². The first-order valence-corrected chi connectivity index (χ1v) is 7.62. The molecule has 1 unspecified atom stereocenters. The van der Waals surface area contributed by atoms with Crippen molar-refractivity contribution in [3.8, 4) is 0 Å². The predicted molar refractivity (Wildman–Crippen MR) is 69.9 cm³/mol. The van der Waals surface area contributed by atoms with E-state index in [4.69, 9.17) is 0 Å². The van der Waals surface area contributed by atoms with E-state index in [1.807, 2.05) is 16.3 Å². The summed E-state index contributed by atoms with van der Waals surface area (Å²) in [6.07, 6.45) is 2.23. The maximum absolute atomic E-state index is 12.1. The monoisotopic (exact) mass is 351 g/mol. The minimum absolute atomic E-state index is 0.166. The standard InChI is InChI=1S/C10H11Br2NOS/c11-5-8-2-1-3-13(8)10(14)7-4-9(12)15-6-7/h4,6,8H,1-3,5H2. The summed E-state index contributed by atoms with van der Waals surface area (Å²) >= 11 is 8.40. The molecule has 0 saturated carbocycles. The van der Waals surface area contributed by atoms with Crippen molar-refractivity contribution in [1.29, 1.82) is 0 Å². The molecule has 2 nitrogen and oxygen atoms in total. The zero-order valence-electron chi connectivity index (χ0n) is 8.08. The summed E-state index contributed by atoms with van der Waals surface area (Å²) in [6, 6.07) is 2.27. The lowest BCUT2D eigenvalue weighted by molar-refractivity contribution is 0.0751. The van der Waals surface area contributed by atoms with E-state index in [-0.39, 0.29) is 5.91 Å². The Morgan fingerprint density at radius 1 is 1.67 bits per heavy atom. The molecule has 82 valence electrons. The zero-order chi connectivity index (χ0) is 10.8. The molecule has 2 rings (SSSR count). The molecule has 0 bridgehead atoms. The van der Waals surface area contributed by atoms with E-state index in [0.717, 1.165) is 34.1 Å². The molecule has 1 aromatic heterocycles. The fraction of sp³-hybridized carbons (Fsp3) is 0.500. The molecule has 1 amide bonds. The number of hydrogen-bond acceptors (Lipinski definition) is 2. The number of likely N-dealkylation sites (tertiary alicyclic amines) is 1. The second-order valence-electron chi connectivity index (χ2n) is 3.59. The summed E-state index contributed by atoms with van der Waals surface area (Å²) in [6.45, 7) is 0.891. The van der Waals surface area contributed by atoms with Crippen molar-refractivity contribution < 1.29 is 4.79 Å². The summed E-state index contributed by atoms with van der Waals surface area (Å²) < 4.78 is 1.01. The van der Waals surface area contributed by atoms with E-state index < -0.39 is 0 Å². The average Bonchev–Trinajstić information content (AvgIpc) is 2.84. The van der Waals surface area contributed by atoms with Crippen LogP contribution in [0.25, 0.3) is 0 Å². The van der Waals surface area contributed by atoms with Gasteiger partial charge in [-0.25, -0.2) is 0 Å². The summed E-state index contributed by atoms with van der Waals surface area (Å²) in [5, 5.41) is 2.79. The van der Waals surface area contributed by atoms with Crippen molar-refractivity contribution in [1.82, 2.24) is 4.90 Å². The molecule has 0 aromatic carbocycles. The fourth-order valence-electron chi connectivity index (χ4n) is 1.85. The van der Waals surface area contributed by atoms with Gasteiger partial charge in [0.2, 0.25) is 0 Å². The molecule has 1 atom stereocenters. The van der Waals surface area contributed by atoms with Gasteiger partial charge in [0.15, 0.2) is 0 Å². The molecule has 1 aromatic rings. The lowest BCUT2D eigenvalue weighted by Gasteiger charge is -2.22. The second kappa shape index (κ2) is 4.97. The van der Waals surface area contributed by atoms with Gasteiger partial charge in [0, 0.05) is 23.3 Å². The second-order valence-corrected chi connectivity index (χ2v) is 6.53. The summed E-state index contributed by atoms with van der Waals surface area (Å²) in [4.78, 5) is 14.1. The van der Waals surface area contributed by atoms with Crippen LogP contribution < -0.4 is 0 Å². The minimum Gasteiger partial charge on any atom is -0.335 e. The third kappa shape index (κ3) is 2.45. The molecular weight excluding hydrogens is 342 g/mol. The Morgan fingerprint density at radius 3 is 3.07 bits per heavy atom. The third-order valence-electron chi connectivity index (χ3n) is 2.63. The van der Waals surface area contributed by atoms with Crippen LogP contribution in [0.15, 0.2) is 15.2 Å². The number of thiophene rings is 1. The van der Waals surface area contributed by atoms with Gasteiger partial charge in [-0.2, -0.15) is 0 Å². The molecule has 0 spiro atoms. The lowest BCUT2D eigenvalue weighted by Crippen LogP contribution is -2.36. The predicted octanol–water partition coefficient (Wildman–Crippen LogP) is 3.51.